The van der Waals surface area contributed by atoms with E-state index in [1.165, 1.54) is 11.1 Å². The first-order valence-corrected chi connectivity index (χ1v) is 6.94. The molecular weight excluding hydrogens is 240 g/mol. The van der Waals surface area contributed by atoms with Crippen LogP contribution in [0.5, 0.6) is 0 Å². The van der Waals surface area contributed by atoms with Crippen LogP contribution in [-0.2, 0) is 22.5 Å². The first kappa shape index (κ1) is 14.0. The van der Waals surface area contributed by atoms with Gasteiger partial charge in [0.25, 0.3) is 0 Å². The fraction of sp³-hybridized carbons (Fsp3) is 0.533. The number of ether oxygens (including phenoxy) is 1. The van der Waals surface area contributed by atoms with Gasteiger partial charge >= 0.3 is 0 Å². The Balaban J connectivity index is 1.87. The number of aryl methyl sites for hydroxylation is 1. The summed E-state index contributed by atoms with van der Waals surface area (Å²) in [6, 6.07) is 8.17. The lowest BCUT2D eigenvalue weighted by molar-refractivity contribution is -0.132. The third-order valence-electron chi connectivity index (χ3n) is 3.62. The second kappa shape index (κ2) is 6.68. The van der Waals surface area contributed by atoms with Crippen molar-refractivity contribution in [1.82, 2.24) is 5.32 Å². The van der Waals surface area contributed by atoms with Crippen LogP contribution in [0.4, 0.5) is 0 Å². The van der Waals surface area contributed by atoms with Crippen LogP contribution in [0.3, 0.4) is 0 Å². The van der Waals surface area contributed by atoms with E-state index >= 15 is 0 Å². The van der Waals surface area contributed by atoms with Gasteiger partial charge in [-0.05, 0) is 30.4 Å². The number of carbonyl (C=O) groups is 1. The Morgan fingerprint density at radius 1 is 1.37 bits per heavy atom. The quantitative estimate of drug-likeness (QED) is 0.842. The monoisotopic (exact) mass is 262 g/mol. The van der Waals surface area contributed by atoms with Crippen LogP contribution in [0.15, 0.2) is 24.3 Å². The lowest BCUT2D eigenvalue weighted by Crippen LogP contribution is -2.35. The van der Waals surface area contributed by atoms with Crippen molar-refractivity contribution in [1.29, 1.82) is 0 Å². The molecule has 1 saturated heterocycles. The van der Waals surface area contributed by atoms with E-state index in [4.69, 9.17) is 10.5 Å². The fourth-order valence-electron chi connectivity index (χ4n) is 2.44. The number of nitrogens with two attached hydrogens (primary N) is 1. The molecule has 1 amide bonds. The predicted molar refractivity (Wildman–Crippen MR) is 74.6 cm³/mol. The van der Waals surface area contributed by atoms with Crippen molar-refractivity contribution in [3.8, 4) is 0 Å². The van der Waals surface area contributed by atoms with E-state index in [0.29, 0.717) is 13.1 Å². The molecule has 4 heteroatoms. The Morgan fingerprint density at radius 2 is 2.11 bits per heavy atom. The van der Waals surface area contributed by atoms with Crippen molar-refractivity contribution in [3.63, 3.8) is 0 Å². The van der Waals surface area contributed by atoms with Gasteiger partial charge in [0.05, 0.1) is 6.10 Å². The molecule has 0 aromatic heterocycles. The molecule has 1 heterocycles. The van der Waals surface area contributed by atoms with E-state index < -0.39 is 0 Å². The Labute approximate surface area is 114 Å². The average molecular weight is 262 g/mol. The Morgan fingerprint density at radius 3 is 2.74 bits per heavy atom. The number of hydrogen-bond donors (Lipinski definition) is 2. The lowest BCUT2D eigenvalue weighted by Gasteiger charge is -2.14. The fourth-order valence-corrected chi connectivity index (χ4v) is 2.44. The van der Waals surface area contributed by atoms with Crippen molar-refractivity contribution in [2.75, 3.05) is 6.54 Å². The van der Waals surface area contributed by atoms with Gasteiger partial charge in [0.2, 0.25) is 5.91 Å². The topological polar surface area (TPSA) is 64.4 Å². The zero-order chi connectivity index (χ0) is 13.7. The summed E-state index contributed by atoms with van der Waals surface area (Å²) >= 11 is 0. The highest BCUT2D eigenvalue weighted by atomic mass is 16.5. The molecular formula is C15H22N2O2. The van der Waals surface area contributed by atoms with Gasteiger partial charge in [-0.15, -0.1) is 0 Å². The summed E-state index contributed by atoms with van der Waals surface area (Å²) in [7, 11) is 0. The molecule has 19 heavy (non-hydrogen) atoms. The molecule has 0 radical (unpaired) electrons. The van der Waals surface area contributed by atoms with E-state index in [1.807, 2.05) is 12.1 Å². The SMILES string of the molecule is CCc1ccccc1CNC(=O)[C@@H]1CC[C@H](CN)O1. The molecule has 0 bridgehead atoms. The van der Waals surface area contributed by atoms with Gasteiger partial charge in [0, 0.05) is 13.1 Å². The van der Waals surface area contributed by atoms with Crippen LogP contribution in [0.1, 0.15) is 30.9 Å². The van der Waals surface area contributed by atoms with Gasteiger partial charge in [0.1, 0.15) is 6.10 Å². The van der Waals surface area contributed by atoms with Crippen LogP contribution in [0, 0.1) is 0 Å². The molecule has 0 spiro atoms. The second-order valence-corrected chi connectivity index (χ2v) is 4.90. The second-order valence-electron chi connectivity index (χ2n) is 4.90. The van der Waals surface area contributed by atoms with E-state index in [2.05, 4.69) is 24.4 Å². The number of benzene rings is 1. The van der Waals surface area contributed by atoms with Gasteiger partial charge in [-0.1, -0.05) is 31.2 Å². The molecule has 1 aromatic rings. The molecule has 0 aliphatic carbocycles. The minimum atomic E-state index is -0.331. The zero-order valence-corrected chi connectivity index (χ0v) is 11.4. The molecule has 2 atom stereocenters. The summed E-state index contributed by atoms with van der Waals surface area (Å²) < 4.78 is 5.58. The largest absolute Gasteiger partial charge is 0.364 e. The summed E-state index contributed by atoms with van der Waals surface area (Å²) in [4.78, 5) is 12.0. The molecule has 2 rings (SSSR count). The maximum atomic E-state index is 12.0. The molecule has 1 fully saturated rings. The van der Waals surface area contributed by atoms with E-state index in [-0.39, 0.29) is 18.1 Å². The van der Waals surface area contributed by atoms with Crippen molar-refractivity contribution < 1.29 is 9.53 Å². The number of carbonyl (C=O) groups excluding carboxylic acids is 1. The highest BCUT2D eigenvalue weighted by Gasteiger charge is 2.29. The molecule has 0 unspecified atom stereocenters. The third-order valence-corrected chi connectivity index (χ3v) is 3.62. The van der Waals surface area contributed by atoms with Crippen molar-refractivity contribution in [2.45, 2.75) is 44.9 Å². The van der Waals surface area contributed by atoms with Crippen LogP contribution < -0.4 is 11.1 Å². The smallest absolute Gasteiger partial charge is 0.249 e. The summed E-state index contributed by atoms with van der Waals surface area (Å²) in [5.41, 5.74) is 7.99. The normalized spacial score (nSPS) is 22.4. The maximum absolute atomic E-state index is 12.0. The minimum Gasteiger partial charge on any atom is -0.364 e. The molecule has 1 aliphatic heterocycles. The average Bonchev–Trinajstić information content (AvgIpc) is 2.94. The lowest BCUT2D eigenvalue weighted by atomic mass is 10.1. The summed E-state index contributed by atoms with van der Waals surface area (Å²) in [5.74, 6) is -0.0261. The maximum Gasteiger partial charge on any atom is 0.249 e. The van der Waals surface area contributed by atoms with Gasteiger partial charge in [-0.25, -0.2) is 0 Å². The van der Waals surface area contributed by atoms with E-state index in [9.17, 15) is 4.79 Å². The van der Waals surface area contributed by atoms with Crippen LogP contribution in [0.2, 0.25) is 0 Å². The summed E-state index contributed by atoms with van der Waals surface area (Å²) in [6.45, 7) is 3.17. The zero-order valence-electron chi connectivity index (χ0n) is 11.4. The van der Waals surface area contributed by atoms with Crippen LogP contribution in [0.25, 0.3) is 0 Å². The number of hydrogen-bond acceptors (Lipinski definition) is 3. The number of nitrogens with one attached hydrogen (secondary N) is 1. The third kappa shape index (κ3) is 3.55. The summed E-state index contributed by atoms with van der Waals surface area (Å²) in [5, 5.41) is 2.96. The van der Waals surface area contributed by atoms with Crippen molar-refractivity contribution in [2.24, 2.45) is 5.73 Å². The van der Waals surface area contributed by atoms with E-state index in [0.717, 1.165) is 19.3 Å². The van der Waals surface area contributed by atoms with Gasteiger partial charge < -0.3 is 15.8 Å². The molecule has 104 valence electrons. The molecule has 4 nitrogen and oxygen atoms in total. The van der Waals surface area contributed by atoms with Gasteiger partial charge in [-0.3, -0.25) is 4.79 Å². The number of rotatable bonds is 5. The first-order valence-electron chi connectivity index (χ1n) is 6.94. The van der Waals surface area contributed by atoms with E-state index in [1.54, 1.807) is 0 Å². The Hall–Kier alpha value is -1.39. The predicted octanol–water partition coefficient (Wildman–Crippen LogP) is 1.37. The molecule has 1 aromatic carbocycles. The van der Waals surface area contributed by atoms with Crippen molar-refractivity contribution >= 4 is 5.91 Å². The van der Waals surface area contributed by atoms with Gasteiger partial charge in [0.15, 0.2) is 0 Å². The Kier molecular flexibility index (Phi) is 4.93. The van der Waals surface area contributed by atoms with Crippen LogP contribution >= 0.6 is 0 Å². The molecule has 3 N–H and O–H groups in total. The van der Waals surface area contributed by atoms with Gasteiger partial charge in [-0.2, -0.15) is 0 Å². The molecule has 0 saturated carbocycles. The minimum absolute atomic E-state index is 0.0261. The highest BCUT2D eigenvalue weighted by Crippen LogP contribution is 2.19. The standard InChI is InChI=1S/C15H22N2O2/c1-2-11-5-3-4-6-12(11)10-17-15(18)14-8-7-13(9-16)19-14/h3-6,13-14H,2,7-10,16H2,1H3,(H,17,18)/t13-,14+/m1/s1. The summed E-state index contributed by atoms with van der Waals surface area (Å²) in [6.07, 6.45) is 2.32. The Bertz CT molecular complexity index is 434. The molecule has 1 aliphatic rings. The first-order chi connectivity index (χ1) is 9.24. The van der Waals surface area contributed by atoms with Crippen molar-refractivity contribution in [3.05, 3.63) is 35.4 Å². The number of amides is 1. The van der Waals surface area contributed by atoms with Crippen LogP contribution in [-0.4, -0.2) is 24.7 Å². The highest BCUT2D eigenvalue weighted by molar-refractivity contribution is 5.81.